The summed E-state index contributed by atoms with van der Waals surface area (Å²) < 4.78 is 20.6. The summed E-state index contributed by atoms with van der Waals surface area (Å²) in [6, 6.07) is 5.86. The van der Waals surface area contributed by atoms with Crippen LogP contribution >= 0.6 is 0 Å². The molecule has 94 valence electrons. The lowest BCUT2D eigenvalue weighted by Crippen LogP contribution is -2.14. The zero-order valence-corrected chi connectivity index (χ0v) is 12.0. The maximum Gasteiger partial charge on any atom is 0.0755 e. The lowest BCUT2D eigenvalue weighted by atomic mass is 10.1. The van der Waals surface area contributed by atoms with Crippen molar-refractivity contribution >= 4 is 15.3 Å². The highest BCUT2D eigenvalue weighted by atomic mass is 32.2. The molecule has 0 saturated heterocycles. The Morgan fingerprint density at radius 2 is 2.00 bits per heavy atom. The van der Waals surface area contributed by atoms with Crippen molar-refractivity contribution in [2.24, 2.45) is 0 Å². The molecule has 0 spiro atoms. The van der Waals surface area contributed by atoms with Crippen molar-refractivity contribution in [3.8, 4) is 0 Å². The SMILES string of the molecule is C/C=C(\C)c1ccc(C)cc1S(=N)(=O)C(C)C. The molecule has 0 radical (unpaired) electrons. The molecule has 3 heteroatoms. The normalized spacial score (nSPS) is 16.0. The summed E-state index contributed by atoms with van der Waals surface area (Å²) >= 11 is 0. The van der Waals surface area contributed by atoms with Crippen LogP contribution in [-0.2, 0) is 9.73 Å². The third-order valence-corrected chi connectivity index (χ3v) is 5.30. The number of hydrogen-bond donors (Lipinski definition) is 1. The molecule has 1 rings (SSSR count). The van der Waals surface area contributed by atoms with Crippen LogP contribution in [0.2, 0.25) is 0 Å². The first-order valence-corrected chi connectivity index (χ1v) is 7.44. The van der Waals surface area contributed by atoms with Gasteiger partial charge in [0, 0.05) is 5.25 Å². The average molecular weight is 251 g/mol. The van der Waals surface area contributed by atoms with Crippen molar-refractivity contribution in [1.82, 2.24) is 0 Å². The second kappa shape index (κ2) is 5.05. The quantitative estimate of drug-likeness (QED) is 0.858. The summed E-state index contributed by atoms with van der Waals surface area (Å²) in [6.45, 7) is 9.59. The van der Waals surface area contributed by atoms with E-state index in [1.807, 2.05) is 58.9 Å². The Labute approximate surface area is 105 Å². The zero-order valence-electron chi connectivity index (χ0n) is 11.2. The van der Waals surface area contributed by atoms with Gasteiger partial charge < -0.3 is 0 Å². The van der Waals surface area contributed by atoms with E-state index in [0.717, 1.165) is 16.7 Å². The van der Waals surface area contributed by atoms with Gasteiger partial charge in [0.25, 0.3) is 0 Å². The van der Waals surface area contributed by atoms with Crippen molar-refractivity contribution in [2.45, 2.75) is 44.8 Å². The molecule has 1 aromatic carbocycles. The molecule has 0 aliphatic rings. The number of hydrogen-bond acceptors (Lipinski definition) is 2. The molecule has 1 unspecified atom stereocenters. The van der Waals surface area contributed by atoms with Gasteiger partial charge in [-0.3, -0.25) is 0 Å². The van der Waals surface area contributed by atoms with Crippen LogP contribution < -0.4 is 0 Å². The van der Waals surface area contributed by atoms with Gasteiger partial charge in [0.2, 0.25) is 0 Å². The summed E-state index contributed by atoms with van der Waals surface area (Å²) in [5, 5.41) is -0.173. The number of allylic oxidation sites excluding steroid dienone is 2. The van der Waals surface area contributed by atoms with E-state index in [0.29, 0.717) is 4.90 Å². The van der Waals surface area contributed by atoms with E-state index < -0.39 is 9.73 Å². The number of rotatable bonds is 3. The monoisotopic (exact) mass is 251 g/mol. The van der Waals surface area contributed by atoms with Gasteiger partial charge in [-0.05, 0) is 57.4 Å². The van der Waals surface area contributed by atoms with E-state index in [1.165, 1.54) is 0 Å². The van der Waals surface area contributed by atoms with Crippen LogP contribution in [0.4, 0.5) is 0 Å². The van der Waals surface area contributed by atoms with Gasteiger partial charge in [-0.1, -0.05) is 18.2 Å². The molecule has 0 saturated carbocycles. The predicted molar refractivity (Wildman–Crippen MR) is 74.8 cm³/mol. The van der Waals surface area contributed by atoms with Crippen LogP contribution in [0.15, 0.2) is 29.2 Å². The molecule has 2 nitrogen and oxygen atoms in total. The number of benzene rings is 1. The number of aryl methyl sites for hydroxylation is 1. The van der Waals surface area contributed by atoms with Crippen molar-refractivity contribution in [2.75, 3.05) is 0 Å². The van der Waals surface area contributed by atoms with Gasteiger partial charge >= 0.3 is 0 Å². The summed E-state index contributed by atoms with van der Waals surface area (Å²) in [4.78, 5) is 0.670. The van der Waals surface area contributed by atoms with Gasteiger partial charge in [-0.15, -0.1) is 0 Å². The van der Waals surface area contributed by atoms with Crippen molar-refractivity contribution in [3.63, 3.8) is 0 Å². The van der Waals surface area contributed by atoms with E-state index in [1.54, 1.807) is 0 Å². The highest BCUT2D eigenvalue weighted by Gasteiger charge is 2.19. The van der Waals surface area contributed by atoms with Crippen LogP contribution in [0, 0.1) is 11.7 Å². The van der Waals surface area contributed by atoms with Gasteiger partial charge in [-0.25, -0.2) is 8.99 Å². The first-order chi connectivity index (χ1) is 7.80. The van der Waals surface area contributed by atoms with E-state index in [4.69, 9.17) is 4.78 Å². The largest absolute Gasteiger partial charge is 0.249 e. The topological polar surface area (TPSA) is 40.9 Å². The molecular formula is C14H21NOS. The van der Waals surface area contributed by atoms with Gasteiger partial charge in [0.1, 0.15) is 0 Å². The standard InChI is InChI=1S/C14H21NOS/c1-6-12(5)13-8-7-11(4)9-14(13)17(15,16)10(2)3/h6-10,15H,1-5H3/b12-6+. The van der Waals surface area contributed by atoms with Crippen LogP contribution in [0.5, 0.6) is 0 Å². The van der Waals surface area contributed by atoms with Crippen LogP contribution in [-0.4, -0.2) is 9.46 Å². The lowest BCUT2D eigenvalue weighted by molar-refractivity contribution is 0.667. The molecule has 0 bridgehead atoms. The molecule has 0 fully saturated rings. The Bertz CT molecular complexity index is 539. The molecule has 0 aliphatic heterocycles. The smallest absolute Gasteiger partial charge is 0.0755 e. The Morgan fingerprint density at radius 1 is 1.41 bits per heavy atom. The molecule has 0 aromatic heterocycles. The summed E-state index contributed by atoms with van der Waals surface area (Å²) in [6.07, 6.45) is 1.99. The van der Waals surface area contributed by atoms with Crippen molar-refractivity contribution < 1.29 is 4.21 Å². The molecule has 0 amide bonds. The van der Waals surface area contributed by atoms with Crippen LogP contribution in [0.1, 0.15) is 38.8 Å². The Morgan fingerprint density at radius 3 is 2.47 bits per heavy atom. The molecule has 17 heavy (non-hydrogen) atoms. The fourth-order valence-corrected chi connectivity index (χ4v) is 3.04. The van der Waals surface area contributed by atoms with E-state index in [2.05, 4.69) is 0 Å². The third-order valence-electron chi connectivity index (χ3n) is 2.99. The maximum atomic E-state index is 12.5. The highest BCUT2D eigenvalue weighted by molar-refractivity contribution is 7.93. The lowest BCUT2D eigenvalue weighted by Gasteiger charge is -2.17. The third kappa shape index (κ3) is 2.78. The van der Waals surface area contributed by atoms with Crippen molar-refractivity contribution in [1.29, 1.82) is 4.78 Å². The Hall–Kier alpha value is -1.09. The molecule has 0 heterocycles. The Kier molecular flexibility index (Phi) is 4.15. The second-order valence-electron chi connectivity index (χ2n) is 4.62. The fraction of sp³-hybridized carbons (Fsp3) is 0.429. The molecule has 0 aliphatic carbocycles. The minimum Gasteiger partial charge on any atom is -0.249 e. The zero-order chi connectivity index (χ0) is 13.2. The molecule has 1 N–H and O–H groups in total. The Balaban J connectivity index is 3.57. The summed E-state index contributed by atoms with van der Waals surface area (Å²) in [5.41, 5.74) is 3.06. The minimum absolute atomic E-state index is 0.173. The minimum atomic E-state index is -2.73. The number of nitrogens with one attached hydrogen (secondary N) is 1. The van der Waals surface area contributed by atoms with Crippen LogP contribution in [0.3, 0.4) is 0 Å². The van der Waals surface area contributed by atoms with E-state index in [9.17, 15) is 4.21 Å². The average Bonchev–Trinajstić information content (AvgIpc) is 2.27. The van der Waals surface area contributed by atoms with Crippen LogP contribution in [0.25, 0.3) is 5.57 Å². The van der Waals surface area contributed by atoms with Gasteiger partial charge in [-0.2, -0.15) is 0 Å². The maximum absolute atomic E-state index is 12.5. The van der Waals surface area contributed by atoms with E-state index in [-0.39, 0.29) is 5.25 Å². The first-order valence-electron chi connectivity index (χ1n) is 5.82. The fourth-order valence-electron chi connectivity index (χ4n) is 1.62. The summed E-state index contributed by atoms with van der Waals surface area (Å²) in [7, 11) is -2.73. The van der Waals surface area contributed by atoms with E-state index >= 15 is 0 Å². The predicted octanol–water partition coefficient (Wildman–Crippen LogP) is 4.23. The highest BCUT2D eigenvalue weighted by Crippen LogP contribution is 2.27. The second-order valence-corrected chi connectivity index (χ2v) is 7.20. The first kappa shape index (κ1) is 14.0. The van der Waals surface area contributed by atoms with Gasteiger partial charge in [0.15, 0.2) is 0 Å². The molecular weight excluding hydrogens is 230 g/mol. The molecule has 1 atom stereocenters. The molecule has 1 aromatic rings. The van der Waals surface area contributed by atoms with Crippen molar-refractivity contribution in [3.05, 3.63) is 35.4 Å². The van der Waals surface area contributed by atoms with Gasteiger partial charge in [0.05, 0.1) is 14.6 Å². The summed E-state index contributed by atoms with van der Waals surface area (Å²) in [5.74, 6) is 0.